The molecular formula is C20H26F2O. The van der Waals surface area contributed by atoms with E-state index in [1.165, 1.54) is 16.7 Å². The second kappa shape index (κ2) is 6.33. The number of alkyl halides is 2. The number of halogens is 2. The van der Waals surface area contributed by atoms with Crippen LogP contribution in [0.15, 0.2) is 18.2 Å². The van der Waals surface area contributed by atoms with Crippen molar-refractivity contribution in [2.45, 2.75) is 76.6 Å². The van der Waals surface area contributed by atoms with Crippen LogP contribution < -0.4 is 0 Å². The van der Waals surface area contributed by atoms with Crippen LogP contribution in [-0.4, -0.2) is 11.7 Å². The summed E-state index contributed by atoms with van der Waals surface area (Å²) in [5, 5.41) is 0. The highest BCUT2D eigenvalue weighted by atomic mass is 19.3. The van der Waals surface area contributed by atoms with Crippen molar-refractivity contribution in [1.82, 2.24) is 0 Å². The first-order valence-electron chi connectivity index (χ1n) is 8.93. The number of hydrogen-bond donors (Lipinski definition) is 0. The zero-order chi connectivity index (χ0) is 16.6. The van der Waals surface area contributed by atoms with Gasteiger partial charge in [0, 0.05) is 25.2 Å². The number of ketones is 1. The average molecular weight is 320 g/mol. The standard InChI is InChI=1S/C20H26F2O/c1-3-5-18(23)16-12-17(16)19-13(2)6-4-7-15(19)14-8-10-20(21,22)11-9-14/h4,6-7,14,16-17H,3,5,8-12H2,1-2H3. The Hall–Kier alpha value is -1.25. The minimum atomic E-state index is -2.49. The predicted octanol–water partition coefficient (Wildman–Crippen LogP) is 5.76. The molecule has 1 nitrogen and oxygen atoms in total. The summed E-state index contributed by atoms with van der Waals surface area (Å²) in [7, 11) is 0. The Morgan fingerprint density at radius 2 is 1.96 bits per heavy atom. The van der Waals surface area contributed by atoms with E-state index in [1.807, 2.05) is 13.0 Å². The molecule has 0 N–H and O–H groups in total. The normalized spacial score (nSPS) is 27.0. The van der Waals surface area contributed by atoms with Crippen molar-refractivity contribution < 1.29 is 13.6 Å². The molecule has 0 saturated heterocycles. The molecule has 0 amide bonds. The SMILES string of the molecule is CCCC(=O)C1CC1c1c(C)cccc1C1CCC(F)(F)CC1. The third-order valence-electron chi connectivity index (χ3n) is 5.59. The Bertz CT molecular complexity index is 583. The molecule has 1 aromatic carbocycles. The fourth-order valence-corrected chi connectivity index (χ4v) is 4.22. The lowest BCUT2D eigenvalue weighted by atomic mass is 9.78. The van der Waals surface area contributed by atoms with E-state index in [0.717, 1.165) is 12.8 Å². The molecule has 2 atom stereocenters. The number of Topliss-reactive ketones (excluding diaryl/α,β-unsaturated/α-hetero) is 1. The molecule has 2 saturated carbocycles. The quantitative estimate of drug-likeness (QED) is 0.674. The minimum Gasteiger partial charge on any atom is -0.299 e. The lowest BCUT2D eigenvalue weighted by Crippen LogP contribution is -2.24. The first kappa shape index (κ1) is 16.6. The van der Waals surface area contributed by atoms with Crippen molar-refractivity contribution in [3.05, 3.63) is 34.9 Å². The van der Waals surface area contributed by atoms with Gasteiger partial charge in [0.2, 0.25) is 5.92 Å². The van der Waals surface area contributed by atoms with Gasteiger partial charge in [-0.05, 0) is 61.1 Å². The molecule has 126 valence electrons. The van der Waals surface area contributed by atoms with Crippen LogP contribution in [0.4, 0.5) is 8.78 Å². The second-order valence-electron chi connectivity index (χ2n) is 7.37. The van der Waals surface area contributed by atoms with Gasteiger partial charge >= 0.3 is 0 Å². The maximum absolute atomic E-state index is 13.5. The molecule has 0 bridgehead atoms. The van der Waals surface area contributed by atoms with Gasteiger partial charge < -0.3 is 0 Å². The molecule has 1 aromatic rings. The molecule has 3 rings (SSSR count). The highest BCUT2D eigenvalue weighted by Crippen LogP contribution is 2.53. The van der Waals surface area contributed by atoms with Crippen molar-refractivity contribution >= 4 is 5.78 Å². The summed E-state index contributed by atoms with van der Waals surface area (Å²) < 4.78 is 26.9. The van der Waals surface area contributed by atoms with Crippen LogP contribution in [0.5, 0.6) is 0 Å². The van der Waals surface area contributed by atoms with E-state index in [1.54, 1.807) is 0 Å². The lowest BCUT2D eigenvalue weighted by Gasteiger charge is -2.30. The molecule has 2 aliphatic rings. The molecule has 2 aliphatic carbocycles. The van der Waals surface area contributed by atoms with E-state index in [0.29, 0.717) is 31.0 Å². The fourth-order valence-electron chi connectivity index (χ4n) is 4.22. The third-order valence-corrected chi connectivity index (χ3v) is 5.59. The number of carbonyl (C=O) groups excluding carboxylic acids is 1. The summed E-state index contributed by atoms with van der Waals surface area (Å²) in [6, 6.07) is 6.23. The molecule has 23 heavy (non-hydrogen) atoms. The van der Waals surface area contributed by atoms with E-state index < -0.39 is 5.92 Å². The first-order chi connectivity index (χ1) is 10.9. The van der Waals surface area contributed by atoms with Crippen molar-refractivity contribution in [3.8, 4) is 0 Å². The van der Waals surface area contributed by atoms with Gasteiger partial charge in [0.25, 0.3) is 0 Å². The van der Waals surface area contributed by atoms with E-state index in [-0.39, 0.29) is 24.7 Å². The summed E-state index contributed by atoms with van der Waals surface area (Å²) in [6.07, 6.45) is 3.62. The van der Waals surface area contributed by atoms with Gasteiger partial charge in [-0.1, -0.05) is 25.1 Å². The molecular weight excluding hydrogens is 294 g/mol. The van der Waals surface area contributed by atoms with Crippen molar-refractivity contribution in [2.24, 2.45) is 5.92 Å². The Balaban J connectivity index is 1.81. The molecule has 0 aromatic heterocycles. The van der Waals surface area contributed by atoms with Crippen molar-refractivity contribution in [3.63, 3.8) is 0 Å². The highest BCUT2D eigenvalue weighted by Gasteiger charge is 2.45. The van der Waals surface area contributed by atoms with Crippen LogP contribution in [0.25, 0.3) is 0 Å². The molecule has 2 unspecified atom stereocenters. The second-order valence-corrected chi connectivity index (χ2v) is 7.37. The van der Waals surface area contributed by atoms with Crippen LogP contribution in [0.3, 0.4) is 0 Å². The molecule has 0 radical (unpaired) electrons. The number of carbonyl (C=O) groups is 1. The predicted molar refractivity (Wildman–Crippen MR) is 88.1 cm³/mol. The highest BCUT2D eigenvalue weighted by molar-refractivity contribution is 5.85. The van der Waals surface area contributed by atoms with Crippen LogP contribution in [0.1, 0.15) is 80.4 Å². The Morgan fingerprint density at radius 1 is 1.26 bits per heavy atom. The zero-order valence-electron chi connectivity index (χ0n) is 14.1. The average Bonchev–Trinajstić information content (AvgIpc) is 3.27. The number of benzene rings is 1. The van der Waals surface area contributed by atoms with Crippen LogP contribution in [0, 0.1) is 12.8 Å². The number of aryl methyl sites for hydroxylation is 1. The van der Waals surface area contributed by atoms with Gasteiger partial charge in [-0.15, -0.1) is 0 Å². The van der Waals surface area contributed by atoms with Crippen LogP contribution in [0.2, 0.25) is 0 Å². The summed E-state index contributed by atoms with van der Waals surface area (Å²) >= 11 is 0. The largest absolute Gasteiger partial charge is 0.299 e. The Labute approximate surface area is 137 Å². The van der Waals surface area contributed by atoms with Crippen molar-refractivity contribution in [1.29, 1.82) is 0 Å². The third kappa shape index (κ3) is 3.49. The van der Waals surface area contributed by atoms with Crippen LogP contribution >= 0.6 is 0 Å². The van der Waals surface area contributed by atoms with E-state index >= 15 is 0 Å². The van der Waals surface area contributed by atoms with Crippen LogP contribution in [-0.2, 0) is 4.79 Å². The van der Waals surface area contributed by atoms with Gasteiger partial charge in [-0.2, -0.15) is 0 Å². The first-order valence-corrected chi connectivity index (χ1v) is 8.93. The summed E-state index contributed by atoms with van der Waals surface area (Å²) in [6.45, 7) is 4.13. The maximum atomic E-state index is 13.5. The maximum Gasteiger partial charge on any atom is 0.248 e. The molecule has 0 spiro atoms. The monoisotopic (exact) mass is 320 g/mol. The lowest BCUT2D eigenvalue weighted by molar-refractivity contribution is -0.120. The summed E-state index contributed by atoms with van der Waals surface area (Å²) in [5.41, 5.74) is 3.74. The Morgan fingerprint density at radius 3 is 2.61 bits per heavy atom. The smallest absolute Gasteiger partial charge is 0.248 e. The molecule has 0 heterocycles. The minimum absolute atomic E-state index is 0.00604. The Kier molecular flexibility index (Phi) is 4.57. The zero-order valence-corrected chi connectivity index (χ0v) is 14.1. The molecule has 3 heteroatoms. The van der Waals surface area contributed by atoms with Gasteiger partial charge in [0.05, 0.1) is 0 Å². The molecule has 2 fully saturated rings. The summed E-state index contributed by atoms with van der Waals surface area (Å²) in [4.78, 5) is 12.2. The molecule has 0 aliphatic heterocycles. The van der Waals surface area contributed by atoms with Gasteiger partial charge in [0.15, 0.2) is 0 Å². The van der Waals surface area contributed by atoms with Gasteiger partial charge in [-0.3, -0.25) is 4.79 Å². The van der Waals surface area contributed by atoms with E-state index in [9.17, 15) is 13.6 Å². The van der Waals surface area contributed by atoms with Crippen molar-refractivity contribution in [2.75, 3.05) is 0 Å². The van der Waals surface area contributed by atoms with Gasteiger partial charge in [0.1, 0.15) is 5.78 Å². The number of hydrogen-bond acceptors (Lipinski definition) is 1. The topological polar surface area (TPSA) is 17.1 Å². The number of rotatable bonds is 5. The summed E-state index contributed by atoms with van der Waals surface area (Å²) in [5.74, 6) is -1.39. The fraction of sp³-hybridized carbons (Fsp3) is 0.650. The van der Waals surface area contributed by atoms with E-state index in [4.69, 9.17) is 0 Å². The van der Waals surface area contributed by atoms with E-state index in [2.05, 4.69) is 19.1 Å². The van der Waals surface area contributed by atoms with Gasteiger partial charge in [-0.25, -0.2) is 8.78 Å².